The number of aryl methyl sites for hydroxylation is 1. The minimum absolute atomic E-state index is 0.225. The predicted molar refractivity (Wildman–Crippen MR) is 45.6 cm³/mol. The van der Waals surface area contributed by atoms with Crippen molar-refractivity contribution in [3.05, 3.63) is 23.3 Å². The van der Waals surface area contributed by atoms with E-state index >= 15 is 0 Å². The number of aromatic nitrogens is 2. The van der Waals surface area contributed by atoms with Crippen LogP contribution in [0.1, 0.15) is 25.6 Å². The fourth-order valence-electron chi connectivity index (χ4n) is 0.909. The van der Waals surface area contributed by atoms with Crippen LogP contribution in [0, 0.1) is 0 Å². The summed E-state index contributed by atoms with van der Waals surface area (Å²) in [6.45, 7) is 5.04. The van der Waals surface area contributed by atoms with E-state index in [1.807, 2.05) is 30.9 Å². The van der Waals surface area contributed by atoms with Gasteiger partial charge in [-0.25, -0.2) is 0 Å². The molecule has 0 amide bonds. The van der Waals surface area contributed by atoms with Gasteiger partial charge >= 0.3 is 0 Å². The molecule has 1 unspecified atom stereocenters. The largest absolute Gasteiger partial charge is 0.657 e. The second-order valence-electron chi connectivity index (χ2n) is 2.53. The minimum Gasteiger partial charge on any atom is -0.657 e. The standard InChI is InChI=1S/C8H14N3/c1-4-11-6-5-8(10-11)7(2)9-3/h5-7H,4H2,1-3H3/q-1. The van der Waals surface area contributed by atoms with Gasteiger partial charge in [0.1, 0.15) is 0 Å². The van der Waals surface area contributed by atoms with Gasteiger partial charge in [-0.1, -0.05) is 13.0 Å². The smallest absolute Gasteiger partial charge is 0.0447 e. The molecular formula is C8H14N3-. The van der Waals surface area contributed by atoms with Gasteiger partial charge in [-0.3, -0.25) is 4.68 Å². The van der Waals surface area contributed by atoms with E-state index in [1.54, 1.807) is 0 Å². The van der Waals surface area contributed by atoms with E-state index < -0.39 is 0 Å². The summed E-state index contributed by atoms with van der Waals surface area (Å²) in [6.07, 6.45) is 1.98. The van der Waals surface area contributed by atoms with Crippen molar-refractivity contribution < 1.29 is 0 Å². The monoisotopic (exact) mass is 152 g/mol. The average molecular weight is 152 g/mol. The third-order valence-electron chi connectivity index (χ3n) is 1.80. The molecule has 3 nitrogen and oxygen atoms in total. The van der Waals surface area contributed by atoms with Gasteiger partial charge in [-0.2, -0.15) is 12.1 Å². The third-order valence-corrected chi connectivity index (χ3v) is 1.80. The normalized spacial score (nSPS) is 13.4. The summed E-state index contributed by atoms with van der Waals surface area (Å²) in [7, 11) is 1.82. The number of rotatable bonds is 3. The van der Waals surface area contributed by atoms with Crippen molar-refractivity contribution in [1.29, 1.82) is 0 Å². The maximum atomic E-state index is 4.32. The highest BCUT2D eigenvalue weighted by atomic mass is 15.3. The molecule has 0 aromatic carbocycles. The fraction of sp³-hybridized carbons (Fsp3) is 0.625. The zero-order valence-corrected chi connectivity index (χ0v) is 7.28. The second kappa shape index (κ2) is 3.53. The third kappa shape index (κ3) is 1.80. The zero-order valence-electron chi connectivity index (χ0n) is 7.28. The Labute approximate surface area is 67.4 Å². The van der Waals surface area contributed by atoms with Crippen molar-refractivity contribution in [2.75, 3.05) is 7.05 Å². The Morgan fingerprint density at radius 1 is 1.73 bits per heavy atom. The molecule has 0 aliphatic heterocycles. The summed E-state index contributed by atoms with van der Waals surface area (Å²) in [5, 5.41) is 8.45. The van der Waals surface area contributed by atoms with E-state index in [4.69, 9.17) is 0 Å². The summed E-state index contributed by atoms with van der Waals surface area (Å²) in [4.78, 5) is 0. The molecule has 1 atom stereocenters. The molecule has 3 heteroatoms. The van der Waals surface area contributed by atoms with Crippen LogP contribution in [0.2, 0.25) is 0 Å². The molecule has 1 heterocycles. The molecule has 1 aromatic rings. The Morgan fingerprint density at radius 3 is 2.91 bits per heavy atom. The van der Waals surface area contributed by atoms with Crippen molar-refractivity contribution in [2.45, 2.75) is 26.4 Å². The number of hydrogen-bond acceptors (Lipinski definition) is 1. The van der Waals surface area contributed by atoms with E-state index in [0.717, 1.165) is 12.2 Å². The maximum absolute atomic E-state index is 4.32. The van der Waals surface area contributed by atoms with E-state index in [9.17, 15) is 0 Å². The number of nitrogens with zero attached hydrogens (tertiary/aromatic N) is 3. The van der Waals surface area contributed by atoms with Gasteiger partial charge in [0.15, 0.2) is 0 Å². The lowest BCUT2D eigenvalue weighted by atomic mass is 10.2. The lowest BCUT2D eigenvalue weighted by Gasteiger charge is -2.19. The van der Waals surface area contributed by atoms with Gasteiger partial charge < -0.3 is 5.32 Å². The second-order valence-corrected chi connectivity index (χ2v) is 2.53. The maximum Gasteiger partial charge on any atom is 0.0447 e. The van der Waals surface area contributed by atoms with Crippen LogP contribution in [0.5, 0.6) is 0 Å². The summed E-state index contributed by atoms with van der Waals surface area (Å²) in [5.41, 5.74) is 1.05. The highest BCUT2D eigenvalue weighted by Gasteiger charge is 1.97. The highest BCUT2D eigenvalue weighted by Crippen LogP contribution is 2.16. The zero-order chi connectivity index (χ0) is 8.27. The van der Waals surface area contributed by atoms with Gasteiger partial charge in [0.2, 0.25) is 0 Å². The van der Waals surface area contributed by atoms with E-state index in [-0.39, 0.29) is 6.04 Å². The molecule has 0 saturated carbocycles. The fourth-order valence-corrected chi connectivity index (χ4v) is 0.909. The molecule has 11 heavy (non-hydrogen) atoms. The molecule has 0 aliphatic carbocycles. The highest BCUT2D eigenvalue weighted by molar-refractivity contribution is 5.10. The van der Waals surface area contributed by atoms with Gasteiger partial charge in [0, 0.05) is 18.4 Å². The van der Waals surface area contributed by atoms with Crippen LogP contribution < -0.4 is 0 Å². The van der Waals surface area contributed by atoms with Gasteiger partial charge in [-0.15, -0.1) is 0 Å². The van der Waals surface area contributed by atoms with Crippen LogP contribution in [0.25, 0.3) is 5.32 Å². The van der Waals surface area contributed by atoms with Crippen LogP contribution in [-0.2, 0) is 6.54 Å². The molecule has 1 rings (SSSR count). The number of hydrogen-bond donors (Lipinski definition) is 0. The lowest BCUT2D eigenvalue weighted by molar-refractivity contribution is 0.640. The summed E-state index contributed by atoms with van der Waals surface area (Å²) in [5.74, 6) is 0. The van der Waals surface area contributed by atoms with Crippen molar-refractivity contribution in [2.24, 2.45) is 0 Å². The molecule has 1 aromatic heterocycles. The first-order chi connectivity index (χ1) is 5.27. The topological polar surface area (TPSA) is 31.9 Å². The Kier molecular flexibility index (Phi) is 2.65. The summed E-state index contributed by atoms with van der Waals surface area (Å²) in [6, 6.07) is 2.24. The molecular weight excluding hydrogens is 138 g/mol. The van der Waals surface area contributed by atoms with Crippen molar-refractivity contribution >= 4 is 0 Å². The van der Waals surface area contributed by atoms with Crippen LogP contribution >= 0.6 is 0 Å². The van der Waals surface area contributed by atoms with Gasteiger partial charge in [0.05, 0.1) is 0 Å². The van der Waals surface area contributed by atoms with E-state index in [2.05, 4.69) is 17.3 Å². The van der Waals surface area contributed by atoms with E-state index in [0.29, 0.717) is 0 Å². The molecule has 0 fully saturated rings. The van der Waals surface area contributed by atoms with Crippen LogP contribution in [0.15, 0.2) is 12.3 Å². The Hall–Kier alpha value is -0.830. The van der Waals surface area contributed by atoms with Crippen molar-refractivity contribution in [3.63, 3.8) is 0 Å². The van der Waals surface area contributed by atoms with Crippen molar-refractivity contribution in [1.82, 2.24) is 9.78 Å². The first kappa shape index (κ1) is 8.27. The molecule has 0 spiro atoms. The van der Waals surface area contributed by atoms with Crippen LogP contribution in [0.3, 0.4) is 0 Å². The Balaban J connectivity index is 2.71. The lowest BCUT2D eigenvalue weighted by Crippen LogP contribution is -1.97. The Bertz CT molecular complexity index is 217. The van der Waals surface area contributed by atoms with Gasteiger partial charge in [-0.05, 0) is 13.0 Å². The minimum atomic E-state index is 0.225. The molecule has 0 radical (unpaired) electrons. The first-order valence-corrected chi connectivity index (χ1v) is 3.90. The molecule has 0 saturated heterocycles. The SMILES string of the molecule is CCn1ccc(C(C)[N-]C)n1. The van der Waals surface area contributed by atoms with Crippen LogP contribution in [0.4, 0.5) is 0 Å². The average Bonchev–Trinajstić information content (AvgIpc) is 2.50. The molecule has 0 bridgehead atoms. The predicted octanol–water partition coefficient (Wildman–Crippen LogP) is 1.97. The molecule has 0 aliphatic rings. The van der Waals surface area contributed by atoms with Gasteiger partial charge in [0.25, 0.3) is 0 Å². The van der Waals surface area contributed by atoms with Crippen molar-refractivity contribution in [3.8, 4) is 0 Å². The molecule has 0 N–H and O–H groups in total. The van der Waals surface area contributed by atoms with E-state index in [1.165, 1.54) is 0 Å². The summed E-state index contributed by atoms with van der Waals surface area (Å²) < 4.78 is 1.91. The van der Waals surface area contributed by atoms with Crippen LogP contribution in [-0.4, -0.2) is 16.8 Å². The Morgan fingerprint density at radius 2 is 2.45 bits per heavy atom. The quantitative estimate of drug-likeness (QED) is 0.651. The molecule has 62 valence electrons. The summed E-state index contributed by atoms with van der Waals surface area (Å²) >= 11 is 0. The first-order valence-electron chi connectivity index (χ1n) is 3.90.